The van der Waals surface area contributed by atoms with E-state index in [0.717, 1.165) is 19.4 Å². The van der Waals surface area contributed by atoms with Gasteiger partial charge in [-0.1, -0.05) is 18.2 Å². The number of carbonyl (C=O) groups is 1. The van der Waals surface area contributed by atoms with Crippen molar-refractivity contribution >= 4 is 6.03 Å². The van der Waals surface area contributed by atoms with Gasteiger partial charge >= 0.3 is 6.03 Å². The zero-order valence-electron chi connectivity index (χ0n) is 14.9. The van der Waals surface area contributed by atoms with E-state index < -0.39 is 5.79 Å². The number of benzene rings is 1. The molecule has 2 aliphatic rings. The van der Waals surface area contributed by atoms with Gasteiger partial charge in [0.05, 0.1) is 13.2 Å². The number of ether oxygens (including phenoxy) is 2. The second kappa shape index (κ2) is 7.11. The zero-order chi connectivity index (χ0) is 17.2. The van der Waals surface area contributed by atoms with Gasteiger partial charge < -0.3 is 19.7 Å². The Bertz CT molecular complexity index is 576. The van der Waals surface area contributed by atoms with Crippen LogP contribution in [0.25, 0.3) is 0 Å². The van der Waals surface area contributed by atoms with Crippen molar-refractivity contribution < 1.29 is 14.3 Å². The average Bonchev–Trinajstić information content (AvgIpc) is 3.02. The topological polar surface area (TPSA) is 50.8 Å². The number of piperidine rings is 1. The van der Waals surface area contributed by atoms with Crippen LogP contribution in [0.15, 0.2) is 18.2 Å². The molecule has 2 fully saturated rings. The molecule has 3 rings (SSSR count). The third-order valence-electron chi connectivity index (χ3n) is 5.37. The number of aryl methyl sites for hydroxylation is 2. The fraction of sp³-hybridized carbons (Fsp3) is 0.632. The van der Waals surface area contributed by atoms with Crippen LogP contribution in [0.5, 0.6) is 0 Å². The minimum atomic E-state index is -0.536. The first kappa shape index (κ1) is 17.2. The Balaban J connectivity index is 1.59. The van der Waals surface area contributed by atoms with Crippen molar-refractivity contribution in [3.8, 4) is 0 Å². The molecule has 0 spiro atoms. The van der Waals surface area contributed by atoms with Gasteiger partial charge in [-0.2, -0.15) is 0 Å². The van der Waals surface area contributed by atoms with Crippen LogP contribution >= 0.6 is 0 Å². The van der Waals surface area contributed by atoms with Gasteiger partial charge in [-0.3, -0.25) is 0 Å². The quantitative estimate of drug-likeness (QED) is 0.926. The van der Waals surface area contributed by atoms with Gasteiger partial charge in [-0.05, 0) is 50.3 Å². The Morgan fingerprint density at radius 3 is 2.62 bits per heavy atom. The molecule has 1 N–H and O–H groups in total. The van der Waals surface area contributed by atoms with Crippen LogP contribution in [0.4, 0.5) is 4.79 Å². The fourth-order valence-electron chi connectivity index (χ4n) is 3.76. The van der Waals surface area contributed by atoms with Crippen molar-refractivity contribution in [1.82, 2.24) is 10.2 Å². The Morgan fingerprint density at radius 2 is 1.96 bits per heavy atom. The van der Waals surface area contributed by atoms with Crippen molar-refractivity contribution in [2.45, 2.75) is 45.9 Å². The Kier molecular flexibility index (Phi) is 5.11. The highest BCUT2D eigenvalue weighted by Crippen LogP contribution is 2.34. The van der Waals surface area contributed by atoms with Crippen molar-refractivity contribution in [3.05, 3.63) is 34.9 Å². The summed E-state index contributed by atoms with van der Waals surface area (Å²) in [6.07, 6.45) is 2.03. The van der Waals surface area contributed by atoms with Crippen LogP contribution < -0.4 is 5.32 Å². The standard InChI is InChI=1S/C19H28N2O3/c1-14-6-4-7-15(2)17(14)12-20-18(22)21-9-5-8-16(13-21)19(3)23-10-11-24-19/h4,6-7,16H,5,8-13H2,1-3H3,(H,20,22)/t16-/m1/s1. The lowest BCUT2D eigenvalue weighted by Crippen LogP contribution is -2.51. The van der Waals surface area contributed by atoms with Crippen LogP contribution in [0.1, 0.15) is 36.5 Å². The minimum absolute atomic E-state index is 0.00366. The van der Waals surface area contributed by atoms with Crippen LogP contribution in [0, 0.1) is 19.8 Å². The zero-order valence-corrected chi connectivity index (χ0v) is 14.9. The molecule has 0 aromatic heterocycles. The smallest absolute Gasteiger partial charge is 0.317 e. The lowest BCUT2D eigenvalue weighted by atomic mass is 9.90. The van der Waals surface area contributed by atoms with Crippen LogP contribution in [0.2, 0.25) is 0 Å². The molecule has 5 nitrogen and oxygen atoms in total. The molecule has 1 aromatic carbocycles. The largest absolute Gasteiger partial charge is 0.347 e. The molecule has 2 aliphatic heterocycles. The predicted octanol–water partition coefficient (Wildman–Crippen LogP) is 2.99. The van der Waals surface area contributed by atoms with Gasteiger partial charge in [0.2, 0.25) is 0 Å². The maximum Gasteiger partial charge on any atom is 0.317 e. The Labute approximate surface area is 144 Å². The molecule has 2 saturated heterocycles. The highest BCUT2D eigenvalue weighted by molar-refractivity contribution is 5.74. The van der Waals surface area contributed by atoms with Gasteiger partial charge in [-0.15, -0.1) is 0 Å². The molecule has 0 unspecified atom stereocenters. The summed E-state index contributed by atoms with van der Waals surface area (Å²) >= 11 is 0. The summed E-state index contributed by atoms with van der Waals surface area (Å²) in [5.74, 6) is -0.300. The minimum Gasteiger partial charge on any atom is -0.347 e. The molecule has 0 bridgehead atoms. The predicted molar refractivity (Wildman–Crippen MR) is 92.8 cm³/mol. The molecule has 1 atom stereocenters. The molecule has 2 amide bonds. The first-order valence-electron chi connectivity index (χ1n) is 8.85. The molecule has 5 heteroatoms. The van der Waals surface area contributed by atoms with Gasteiger partial charge in [-0.25, -0.2) is 4.79 Å². The van der Waals surface area contributed by atoms with E-state index in [1.165, 1.54) is 16.7 Å². The van der Waals surface area contributed by atoms with Gasteiger partial charge in [0.1, 0.15) is 0 Å². The Hall–Kier alpha value is -1.59. The van der Waals surface area contributed by atoms with Crippen molar-refractivity contribution in [3.63, 3.8) is 0 Å². The highest BCUT2D eigenvalue weighted by Gasteiger charge is 2.42. The van der Waals surface area contributed by atoms with Gasteiger partial charge in [0.15, 0.2) is 5.79 Å². The third kappa shape index (κ3) is 3.57. The molecule has 0 aliphatic carbocycles. The van der Waals surface area contributed by atoms with E-state index in [1.54, 1.807) is 0 Å². The average molecular weight is 332 g/mol. The molecule has 1 aromatic rings. The summed E-state index contributed by atoms with van der Waals surface area (Å²) in [5, 5.41) is 3.08. The van der Waals surface area contributed by atoms with Crippen LogP contribution in [0.3, 0.4) is 0 Å². The SMILES string of the molecule is Cc1cccc(C)c1CNC(=O)N1CCC[C@@H](C2(C)OCCO2)C1. The fourth-order valence-corrected chi connectivity index (χ4v) is 3.76. The van der Waals surface area contributed by atoms with E-state index in [4.69, 9.17) is 9.47 Å². The number of hydrogen-bond donors (Lipinski definition) is 1. The van der Waals surface area contributed by atoms with E-state index in [2.05, 4.69) is 31.3 Å². The Morgan fingerprint density at radius 1 is 1.29 bits per heavy atom. The summed E-state index contributed by atoms with van der Waals surface area (Å²) in [7, 11) is 0. The molecule has 132 valence electrons. The van der Waals surface area contributed by atoms with Gasteiger partial charge in [0, 0.05) is 25.6 Å². The first-order chi connectivity index (χ1) is 11.5. The lowest BCUT2D eigenvalue weighted by Gasteiger charge is -2.39. The number of likely N-dealkylation sites (tertiary alicyclic amines) is 1. The molecule has 2 heterocycles. The number of carbonyl (C=O) groups excluding carboxylic acids is 1. The third-order valence-corrected chi connectivity index (χ3v) is 5.37. The molecular weight excluding hydrogens is 304 g/mol. The second-order valence-corrected chi connectivity index (χ2v) is 7.03. The van der Waals surface area contributed by atoms with E-state index in [1.807, 2.05) is 17.9 Å². The van der Waals surface area contributed by atoms with Crippen molar-refractivity contribution in [2.75, 3.05) is 26.3 Å². The molecular formula is C19H28N2O3. The summed E-state index contributed by atoms with van der Waals surface area (Å²) in [4.78, 5) is 14.5. The number of nitrogens with zero attached hydrogens (tertiary/aromatic N) is 1. The lowest BCUT2D eigenvalue weighted by molar-refractivity contribution is -0.189. The number of amides is 2. The van der Waals surface area contributed by atoms with E-state index in [-0.39, 0.29) is 11.9 Å². The first-order valence-corrected chi connectivity index (χ1v) is 8.85. The van der Waals surface area contributed by atoms with Crippen LogP contribution in [-0.4, -0.2) is 43.0 Å². The van der Waals surface area contributed by atoms with E-state index in [0.29, 0.717) is 26.3 Å². The number of urea groups is 1. The molecule has 24 heavy (non-hydrogen) atoms. The van der Waals surface area contributed by atoms with E-state index >= 15 is 0 Å². The van der Waals surface area contributed by atoms with Crippen LogP contribution in [-0.2, 0) is 16.0 Å². The summed E-state index contributed by atoms with van der Waals surface area (Å²) < 4.78 is 11.6. The monoisotopic (exact) mass is 332 g/mol. The van der Waals surface area contributed by atoms with Crippen molar-refractivity contribution in [1.29, 1.82) is 0 Å². The summed E-state index contributed by atoms with van der Waals surface area (Å²) in [5.41, 5.74) is 3.63. The number of hydrogen-bond acceptors (Lipinski definition) is 3. The number of nitrogens with one attached hydrogen (secondary N) is 1. The van der Waals surface area contributed by atoms with E-state index in [9.17, 15) is 4.79 Å². The normalized spacial score (nSPS) is 23.3. The molecule has 0 saturated carbocycles. The number of rotatable bonds is 3. The summed E-state index contributed by atoms with van der Waals surface area (Å²) in [6, 6.07) is 6.22. The van der Waals surface area contributed by atoms with Crippen molar-refractivity contribution in [2.24, 2.45) is 5.92 Å². The molecule has 0 radical (unpaired) electrons. The second-order valence-electron chi connectivity index (χ2n) is 7.03. The maximum absolute atomic E-state index is 12.6. The highest BCUT2D eigenvalue weighted by atomic mass is 16.7. The summed E-state index contributed by atoms with van der Waals surface area (Å²) in [6.45, 7) is 9.52. The maximum atomic E-state index is 12.6. The van der Waals surface area contributed by atoms with Gasteiger partial charge in [0.25, 0.3) is 0 Å².